The standard InChI is InChI=1S/C18H22O2/c1-5-6-15-11-13(2)18(14(3)12-15)20-17-9-7-16(19-4)8-10-17/h7-12H,5-6H2,1-4H3. The molecular weight excluding hydrogens is 248 g/mol. The lowest BCUT2D eigenvalue weighted by atomic mass is 10.0. The first-order valence-electron chi connectivity index (χ1n) is 7.06. The predicted molar refractivity (Wildman–Crippen MR) is 83.0 cm³/mol. The second-order valence-electron chi connectivity index (χ2n) is 5.09. The fourth-order valence-electron chi connectivity index (χ4n) is 2.40. The highest BCUT2D eigenvalue weighted by Crippen LogP contribution is 2.31. The number of aryl methyl sites for hydroxylation is 3. The zero-order valence-electron chi connectivity index (χ0n) is 12.7. The predicted octanol–water partition coefficient (Wildman–Crippen LogP) is 5.06. The molecule has 0 aromatic heterocycles. The van der Waals surface area contributed by atoms with Crippen molar-refractivity contribution in [2.24, 2.45) is 0 Å². The lowest BCUT2D eigenvalue weighted by molar-refractivity contribution is 0.412. The molecule has 0 saturated carbocycles. The molecule has 0 amide bonds. The fourth-order valence-corrected chi connectivity index (χ4v) is 2.40. The highest BCUT2D eigenvalue weighted by atomic mass is 16.5. The summed E-state index contributed by atoms with van der Waals surface area (Å²) in [5.41, 5.74) is 3.75. The molecule has 0 spiro atoms. The topological polar surface area (TPSA) is 18.5 Å². The van der Waals surface area contributed by atoms with Crippen LogP contribution in [0.15, 0.2) is 36.4 Å². The van der Waals surface area contributed by atoms with Crippen molar-refractivity contribution < 1.29 is 9.47 Å². The van der Waals surface area contributed by atoms with Crippen LogP contribution in [0.25, 0.3) is 0 Å². The summed E-state index contributed by atoms with van der Waals surface area (Å²) < 4.78 is 11.2. The first-order chi connectivity index (χ1) is 9.63. The van der Waals surface area contributed by atoms with Gasteiger partial charge in [0.25, 0.3) is 0 Å². The molecule has 0 aliphatic rings. The van der Waals surface area contributed by atoms with Crippen LogP contribution in [0, 0.1) is 13.8 Å². The SMILES string of the molecule is CCCc1cc(C)c(Oc2ccc(OC)cc2)c(C)c1. The molecule has 2 rings (SSSR count). The number of methoxy groups -OCH3 is 1. The minimum absolute atomic E-state index is 0.834. The van der Waals surface area contributed by atoms with Gasteiger partial charge in [-0.2, -0.15) is 0 Å². The Morgan fingerprint density at radius 2 is 1.45 bits per heavy atom. The Balaban J connectivity index is 2.23. The third-order valence-corrected chi connectivity index (χ3v) is 3.34. The molecule has 0 N–H and O–H groups in total. The van der Waals surface area contributed by atoms with Crippen LogP contribution in [-0.2, 0) is 6.42 Å². The van der Waals surface area contributed by atoms with Crippen molar-refractivity contribution in [2.75, 3.05) is 7.11 Å². The van der Waals surface area contributed by atoms with E-state index in [-0.39, 0.29) is 0 Å². The molecule has 20 heavy (non-hydrogen) atoms. The van der Waals surface area contributed by atoms with E-state index in [1.807, 2.05) is 24.3 Å². The molecule has 0 unspecified atom stereocenters. The van der Waals surface area contributed by atoms with Gasteiger partial charge in [-0.3, -0.25) is 0 Å². The third kappa shape index (κ3) is 3.32. The quantitative estimate of drug-likeness (QED) is 0.756. The van der Waals surface area contributed by atoms with Gasteiger partial charge in [-0.15, -0.1) is 0 Å². The van der Waals surface area contributed by atoms with Crippen molar-refractivity contribution in [3.05, 3.63) is 53.1 Å². The smallest absolute Gasteiger partial charge is 0.133 e. The molecule has 0 aliphatic carbocycles. The lowest BCUT2D eigenvalue weighted by Crippen LogP contribution is -1.94. The number of hydrogen-bond donors (Lipinski definition) is 0. The zero-order chi connectivity index (χ0) is 14.5. The van der Waals surface area contributed by atoms with Crippen LogP contribution in [-0.4, -0.2) is 7.11 Å². The highest BCUT2D eigenvalue weighted by molar-refractivity contribution is 5.46. The van der Waals surface area contributed by atoms with E-state index >= 15 is 0 Å². The van der Waals surface area contributed by atoms with E-state index in [2.05, 4.69) is 32.9 Å². The van der Waals surface area contributed by atoms with Gasteiger partial charge in [-0.25, -0.2) is 0 Å². The molecule has 0 atom stereocenters. The van der Waals surface area contributed by atoms with Crippen molar-refractivity contribution in [1.29, 1.82) is 0 Å². The first kappa shape index (κ1) is 14.4. The summed E-state index contributed by atoms with van der Waals surface area (Å²) in [7, 11) is 1.66. The van der Waals surface area contributed by atoms with E-state index in [9.17, 15) is 0 Å². The third-order valence-electron chi connectivity index (χ3n) is 3.34. The molecule has 2 nitrogen and oxygen atoms in total. The fraction of sp³-hybridized carbons (Fsp3) is 0.333. The van der Waals surface area contributed by atoms with Gasteiger partial charge in [0.15, 0.2) is 0 Å². The normalized spacial score (nSPS) is 10.4. The van der Waals surface area contributed by atoms with Crippen LogP contribution < -0.4 is 9.47 Å². The van der Waals surface area contributed by atoms with E-state index in [0.29, 0.717) is 0 Å². The summed E-state index contributed by atoms with van der Waals surface area (Å²) in [6.45, 7) is 6.41. The van der Waals surface area contributed by atoms with Gasteiger partial charge in [-0.1, -0.05) is 25.5 Å². The summed E-state index contributed by atoms with van der Waals surface area (Å²) in [6, 6.07) is 12.1. The largest absolute Gasteiger partial charge is 0.497 e. The molecular formula is C18H22O2. The molecule has 0 heterocycles. The summed E-state index contributed by atoms with van der Waals surface area (Å²) in [4.78, 5) is 0. The maximum atomic E-state index is 6.02. The van der Waals surface area contributed by atoms with Crippen LogP contribution in [0.1, 0.15) is 30.0 Å². The number of ether oxygens (including phenoxy) is 2. The van der Waals surface area contributed by atoms with Gasteiger partial charge in [-0.05, 0) is 61.2 Å². The van der Waals surface area contributed by atoms with Crippen molar-refractivity contribution in [1.82, 2.24) is 0 Å². The maximum Gasteiger partial charge on any atom is 0.133 e. The van der Waals surface area contributed by atoms with Gasteiger partial charge < -0.3 is 9.47 Å². The summed E-state index contributed by atoms with van der Waals surface area (Å²) in [6.07, 6.45) is 2.28. The molecule has 0 fully saturated rings. The zero-order valence-corrected chi connectivity index (χ0v) is 12.7. The Bertz CT molecular complexity index is 547. The minimum Gasteiger partial charge on any atom is -0.497 e. The Kier molecular flexibility index (Phi) is 4.67. The number of benzene rings is 2. The van der Waals surface area contributed by atoms with Crippen LogP contribution >= 0.6 is 0 Å². The first-order valence-corrected chi connectivity index (χ1v) is 7.06. The highest BCUT2D eigenvalue weighted by Gasteiger charge is 2.07. The van der Waals surface area contributed by atoms with E-state index in [0.717, 1.165) is 30.1 Å². The Labute approximate surface area is 121 Å². The molecule has 2 aromatic rings. The van der Waals surface area contributed by atoms with E-state index in [1.165, 1.54) is 16.7 Å². The minimum atomic E-state index is 0.834. The average molecular weight is 270 g/mol. The molecule has 2 heteroatoms. The second-order valence-corrected chi connectivity index (χ2v) is 5.09. The van der Waals surface area contributed by atoms with Gasteiger partial charge in [0.1, 0.15) is 17.2 Å². The van der Waals surface area contributed by atoms with Gasteiger partial charge in [0.2, 0.25) is 0 Å². The van der Waals surface area contributed by atoms with E-state index in [4.69, 9.17) is 9.47 Å². The molecule has 0 saturated heterocycles. The number of hydrogen-bond acceptors (Lipinski definition) is 2. The Morgan fingerprint density at radius 3 is 1.95 bits per heavy atom. The molecule has 2 aromatic carbocycles. The van der Waals surface area contributed by atoms with E-state index < -0.39 is 0 Å². The average Bonchev–Trinajstić information content (AvgIpc) is 2.44. The van der Waals surface area contributed by atoms with Crippen LogP contribution in [0.4, 0.5) is 0 Å². The lowest BCUT2D eigenvalue weighted by Gasteiger charge is -2.14. The second kappa shape index (κ2) is 6.47. The van der Waals surface area contributed by atoms with Crippen LogP contribution in [0.5, 0.6) is 17.2 Å². The maximum absolute atomic E-state index is 6.02. The molecule has 0 radical (unpaired) electrons. The van der Waals surface area contributed by atoms with Crippen molar-refractivity contribution >= 4 is 0 Å². The number of rotatable bonds is 5. The van der Waals surface area contributed by atoms with Gasteiger partial charge in [0, 0.05) is 0 Å². The van der Waals surface area contributed by atoms with Crippen LogP contribution in [0.2, 0.25) is 0 Å². The Morgan fingerprint density at radius 1 is 0.900 bits per heavy atom. The van der Waals surface area contributed by atoms with Crippen molar-refractivity contribution in [2.45, 2.75) is 33.6 Å². The monoisotopic (exact) mass is 270 g/mol. The molecule has 0 bridgehead atoms. The molecule has 106 valence electrons. The van der Waals surface area contributed by atoms with Gasteiger partial charge >= 0.3 is 0 Å². The summed E-state index contributed by atoms with van der Waals surface area (Å²) in [5.74, 6) is 2.62. The van der Waals surface area contributed by atoms with Crippen molar-refractivity contribution in [3.63, 3.8) is 0 Å². The molecule has 0 aliphatic heterocycles. The summed E-state index contributed by atoms with van der Waals surface area (Å²) in [5, 5.41) is 0. The van der Waals surface area contributed by atoms with E-state index in [1.54, 1.807) is 7.11 Å². The summed E-state index contributed by atoms with van der Waals surface area (Å²) >= 11 is 0. The van der Waals surface area contributed by atoms with Crippen LogP contribution in [0.3, 0.4) is 0 Å². The van der Waals surface area contributed by atoms with Crippen molar-refractivity contribution in [3.8, 4) is 17.2 Å². The Hall–Kier alpha value is -1.96. The van der Waals surface area contributed by atoms with Gasteiger partial charge in [0.05, 0.1) is 7.11 Å².